The van der Waals surface area contributed by atoms with Crippen LogP contribution in [0, 0.1) is 0 Å². The average Bonchev–Trinajstić information content (AvgIpc) is 2.43. The fourth-order valence-electron chi connectivity index (χ4n) is 2.49. The largest absolute Gasteiger partial charge is 0.487 e. The minimum absolute atomic E-state index is 0.284. The van der Waals surface area contributed by atoms with E-state index in [-0.39, 0.29) is 5.91 Å². The number of benzene rings is 1. The van der Waals surface area contributed by atoms with Crippen LogP contribution in [0.2, 0.25) is 0 Å². The first-order chi connectivity index (χ1) is 9.62. The Bertz CT molecular complexity index is 381. The normalized spacial score (nSPS) is 11.3. The molecular weight excluding hydrogens is 250 g/mol. The quantitative estimate of drug-likeness (QED) is 0.701. The molecule has 0 spiro atoms. The number of para-hydroxylation sites is 1. The molecule has 3 nitrogen and oxygen atoms in total. The molecule has 0 saturated carbocycles. The molecule has 0 bridgehead atoms. The van der Waals surface area contributed by atoms with Crippen LogP contribution in [0.15, 0.2) is 30.3 Å². The third kappa shape index (κ3) is 5.64. The lowest BCUT2D eigenvalue weighted by Gasteiger charge is -2.34. The lowest BCUT2D eigenvalue weighted by Crippen LogP contribution is -2.40. The van der Waals surface area contributed by atoms with Crippen LogP contribution in [0.3, 0.4) is 0 Å². The van der Waals surface area contributed by atoms with Gasteiger partial charge in [0.05, 0.1) is 6.42 Å². The summed E-state index contributed by atoms with van der Waals surface area (Å²) in [7, 11) is 0. The van der Waals surface area contributed by atoms with Gasteiger partial charge in [-0.2, -0.15) is 0 Å². The van der Waals surface area contributed by atoms with E-state index in [9.17, 15) is 4.79 Å². The highest BCUT2D eigenvalue weighted by molar-refractivity contribution is 5.75. The molecule has 1 aromatic rings. The Balaban J connectivity index is 2.90. The second-order valence-electron chi connectivity index (χ2n) is 5.45. The molecule has 0 unspecified atom stereocenters. The fourth-order valence-corrected chi connectivity index (χ4v) is 2.49. The predicted octanol–water partition coefficient (Wildman–Crippen LogP) is 4.06. The zero-order valence-electron chi connectivity index (χ0n) is 12.7. The highest BCUT2D eigenvalue weighted by Crippen LogP contribution is 2.31. The molecule has 0 radical (unpaired) electrons. The van der Waals surface area contributed by atoms with Gasteiger partial charge in [-0.1, -0.05) is 44.9 Å². The van der Waals surface area contributed by atoms with Crippen molar-refractivity contribution in [3.63, 3.8) is 0 Å². The molecule has 1 rings (SSSR count). The maximum absolute atomic E-state index is 11.5. The van der Waals surface area contributed by atoms with Gasteiger partial charge in [-0.3, -0.25) is 4.79 Å². The van der Waals surface area contributed by atoms with Crippen molar-refractivity contribution in [2.24, 2.45) is 5.73 Å². The number of hydrogen-bond acceptors (Lipinski definition) is 2. The first-order valence-electron chi connectivity index (χ1n) is 7.64. The van der Waals surface area contributed by atoms with E-state index >= 15 is 0 Å². The Morgan fingerprint density at radius 2 is 1.65 bits per heavy atom. The number of carbonyl (C=O) groups is 1. The first kappa shape index (κ1) is 16.5. The standard InChI is InChI=1S/C17H27NO2/c1-3-5-12-17(13-6-4-2,14-16(18)19)20-15-10-8-7-9-11-15/h7-11H,3-6,12-14H2,1-2H3,(H2,18,19). The molecule has 0 aromatic heterocycles. The maximum Gasteiger partial charge on any atom is 0.221 e. The van der Waals surface area contributed by atoms with Crippen LogP contribution < -0.4 is 10.5 Å². The van der Waals surface area contributed by atoms with E-state index in [1.165, 1.54) is 0 Å². The third-order valence-electron chi connectivity index (χ3n) is 3.55. The monoisotopic (exact) mass is 277 g/mol. The van der Waals surface area contributed by atoms with Crippen molar-refractivity contribution in [2.45, 2.75) is 64.4 Å². The van der Waals surface area contributed by atoms with Gasteiger partial charge in [0.1, 0.15) is 11.4 Å². The Hall–Kier alpha value is -1.51. The van der Waals surface area contributed by atoms with Crippen molar-refractivity contribution < 1.29 is 9.53 Å². The molecule has 0 aliphatic heterocycles. The number of nitrogens with two attached hydrogens (primary N) is 1. The summed E-state index contributed by atoms with van der Waals surface area (Å²) in [6.07, 6.45) is 6.31. The van der Waals surface area contributed by atoms with Gasteiger partial charge in [0, 0.05) is 0 Å². The maximum atomic E-state index is 11.5. The topological polar surface area (TPSA) is 52.3 Å². The van der Waals surface area contributed by atoms with Gasteiger partial charge in [0.15, 0.2) is 0 Å². The summed E-state index contributed by atoms with van der Waals surface area (Å²) < 4.78 is 6.22. The average molecular weight is 277 g/mol. The van der Waals surface area contributed by atoms with E-state index in [1.807, 2.05) is 30.3 Å². The molecule has 112 valence electrons. The van der Waals surface area contributed by atoms with E-state index < -0.39 is 5.60 Å². The Labute approximate surface area is 122 Å². The molecule has 0 saturated heterocycles. The highest BCUT2D eigenvalue weighted by atomic mass is 16.5. The highest BCUT2D eigenvalue weighted by Gasteiger charge is 2.33. The van der Waals surface area contributed by atoms with E-state index in [0.717, 1.165) is 44.3 Å². The zero-order chi connectivity index (χ0) is 14.8. The number of ether oxygens (including phenoxy) is 1. The van der Waals surface area contributed by atoms with Crippen molar-refractivity contribution >= 4 is 5.91 Å². The molecular formula is C17H27NO2. The minimum Gasteiger partial charge on any atom is -0.487 e. The van der Waals surface area contributed by atoms with Crippen LogP contribution in [-0.4, -0.2) is 11.5 Å². The minimum atomic E-state index is -0.445. The third-order valence-corrected chi connectivity index (χ3v) is 3.55. The number of unbranched alkanes of at least 4 members (excludes halogenated alkanes) is 2. The number of carbonyl (C=O) groups excluding carboxylic acids is 1. The van der Waals surface area contributed by atoms with Crippen LogP contribution in [0.25, 0.3) is 0 Å². The summed E-state index contributed by atoms with van der Waals surface area (Å²) in [6, 6.07) is 9.73. The molecule has 3 heteroatoms. The van der Waals surface area contributed by atoms with Gasteiger partial charge in [-0.15, -0.1) is 0 Å². The second-order valence-corrected chi connectivity index (χ2v) is 5.45. The molecule has 0 aliphatic carbocycles. The molecule has 0 fully saturated rings. The van der Waals surface area contributed by atoms with Gasteiger partial charge in [0.25, 0.3) is 0 Å². The summed E-state index contributed by atoms with van der Waals surface area (Å²) in [5.41, 5.74) is 5.01. The number of primary amides is 1. The number of hydrogen-bond donors (Lipinski definition) is 1. The lowest BCUT2D eigenvalue weighted by molar-refractivity contribution is -0.122. The van der Waals surface area contributed by atoms with Crippen LogP contribution in [-0.2, 0) is 4.79 Å². The summed E-state index contributed by atoms with van der Waals surface area (Å²) in [4.78, 5) is 11.5. The molecule has 1 amide bonds. The summed E-state index contributed by atoms with van der Waals surface area (Å²) in [5, 5.41) is 0. The van der Waals surface area contributed by atoms with Crippen LogP contribution in [0.1, 0.15) is 58.8 Å². The van der Waals surface area contributed by atoms with E-state index in [0.29, 0.717) is 6.42 Å². The molecule has 20 heavy (non-hydrogen) atoms. The summed E-state index contributed by atoms with van der Waals surface area (Å²) >= 11 is 0. The van der Waals surface area contributed by atoms with Crippen LogP contribution in [0.5, 0.6) is 5.75 Å². The molecule has 2 N–H and O–H groups in total. The Morgan fingerprint density at radius 3 is 2.10 bits per heavy atom. The van der Waals surface area contributed by atoms with E-state index in [4.69, 9.17) is 10.5 Å². The van der Waals surface area contributed by atoms with Gasteiger partial charge in [0.2, 0.25) is 5.91 Å². The van der Waals surface area contributed by atoms with Crippen molar-refractivity contribution in [1.82, 2.24) is 0 Å². The predicted molar refractivity (Wildman–Crippen MR) is 82.7 cm³/mol. The first-order valence-corrected chi connectivity index (χ1v) is 7.64. The zero-order valence-corrected chi connectivity index (χ0v) is 12.7. The second kappa shape index (κ2) is 8.62. The summed E-state index contributed by atoms with van der Waals surface area (Å²) in [6.45, 7) is 4.30. The van der Waals surface area contributed by atoms with Gasteiger partial charge < -0.3 is 10.5 Å². The van der Waals surface area contributed by atoms with Crippen molar-refractivity contribution in [1.29, 1.82) is 0 Å². The lowest BCUT2D eigenvalue weighted by atomic mass is 9.87. The Kier molecular flexibility index (Phi) is 7.13. The van der Waals surface area contributed by atoms with E-state index in [1.54, 1.807) is 0 Å². The fraction of sp³-hybridized carbons (Fsp3) is 0.588. The molecule has 0 atom stereocenters. The number of rotatable bonds is 10. The summed E-state index contributed by atoms with van der Waals surface area (Å²) in [5.74, 6) is 0.536. The van der Waals surface area contributed by atoms with Crippen LogP contribution >= 0.6 is 0 Å². The Morgan fingerprint density at radius 1 is 1.10 bits per heavy atom. The van der Waals surface area contributed by atoms with Crippen LogP contribution in [0.4, 0.5) is 0 Å². The van der Waals surface area contributed by atoms with Crippen molar-refractivity contribution in [3.05, 3.63) is 30.3 Å². The van der Waals surface area contributed by atoms with Crippen molar-refractivity contribution in [2.75, 3.05) is 0 Å². The van der Waals surface area contributed by atoms with Gasteiger partial charge in [-0.25, -0.2) is 0 Å². The molecule has 0 aliphatic rings. The molecule has 1 aromatic carbocycles. The van der Waals surface area contributed by atoms with Gasteiger partial charge in [-0.05, 0) is 37.8 Å². The SMILES string of the molecule is CCCCC(CCCC)(CC(N)=O)Oc1ccccc1. The smallest absolute Gasteiger partial charge is 0.221 e. The van der Waals surface area contributed by atoms with Gasteiger partial charge >= 0.3 is 0 Å². The van der Waals surface area contributed by atoms with Crippen molar-refractivity contribution in [3.8, 4) is 5.75 Å². The number of amides is 1. The molecule has 0 heterocycles. The van der Waals surface area contributed by atoms with E-state index in [2.05, 4.69) is 13.8 Å².